The van der Waals surface area contributed by atoms with Gasteiger partial charge in [0.2, 0.25) is 0 Å². The fourth-order valence-electron chi connectivity index (χ4n) is 10.6. The van der Waals surface area contributed by atoms with Gasteiger partial charge < -0.3 is 14.7 Å². The molecule has 2 aliphatic rings. The molecule has 0 bridgehead atoms. The molecule has 1 atom stereocenters. The van der Waals surface area contributed by atoms with Crippen molar-refractivity contribution in [3.63, 3.8) is 0 Å². The van der Waals surface area contributed by atoms with Crippen LogP contribution in [-0.2, 0) is 5.41 Å². The molecule has 0 spiro atoms. The Bertz CT molecular complexity index is 2880. The maximum atomic E-state index is 14.4. The van der Waals surface area contributed by atoms with E-state index in [2.05, 4.69) is 56.9 Å². The minimum Gasteiger partial charge on any atom is -0.334 e. The number of hydrogen-bond donors (Lipinski definition) is 0. The highest BCUT2D eigenvalue weighted by Crippen LogP contribution is 2.64. The Balaban J connectivity index is 1.18. The molecule has 0 aliphatic heterocycles. The molecule has 8 aromatic rings. The third kappa shape index (κ3) is 7.60. The lowest BCUT2D eigenvalue weighted by Gasteiger charge is -2.53. The molecule has 0 N–H and O–H groups in total. The van der Waals surface area contributed by atoms with Crippen LogP contribution in [-0.4, -0.2) is 6.04 Å². The summed E-state index contributed by atoms with van der Waals surface area (Å²) in [5.41, 5.74) is 11.1. The van der Waals surface area contributed by atoms with E-state index in [1.165, 1.54) is 83.9 Å². The number of anilines is 8. The van der Waals surface area contributed by atoms with Crippen molar-refractivity contribution in [3.8, 4) is 11.1 Å². The van der Waals surface area contributed by atoms with Crippen molar-refractivity contribution in [1.82, 2.24) is 0 Å². The Hall–Kier alpha value is -7.52. The maximum absolute atomic E-state index is 14.4. The lowest BCUT2D eigenvalue weighted by Crippen LogP contribution is -2.49. The van der Waals surface area contributed by atoms with E-state index in [0.29, 0.717) is 35.6 Å². The van der Waals surface area contributed by atoms with Gasteiger partial charge in [-0.05, 0) is 216 Å². The largest absolute Gasteiger partial charge is 0.334 e. The molecule has 68 heavy (non-hydrogen) atoms. The first-order chi connectivity index (χ1) is 32.7. The topological polar surface area (TPSA) is 9.72 Å². The zero-order valence-corrected chi connectivity index (χ0v) is 37.9. The van der Waals surface area contributed by atoms with Crippen molar-refractivity contribution in [2.24, 2.45) is 5.41 Å². The second-order valence-electron chi connectivity index (χ2n) is 18.2. The van der Waals surface area contributed by atoms with Crippen molar-refractivity contribution >= 4 is 45.5 Å². The summed E-state index contributed by atoms with van der Waals surface area (Å²) in [6, 6.07) is 50.2. The van der Waals surface area contributed by atoms with E-state index >= 15 is 0 Å². The lowest BCUT2D eigenvalue weighted by molar-refractivity contribution is 0.251. The molecule has 0 unspecified atom stereocenters. The molecule has 0 saturated heterocycles. The average Bonchev–Trinajstić information content (AvgIpc) is 3.59. The van der Waals surface area contributed by atoms with Crippen LogP contribution in [0.25, 0.3) is 11.1 Å². The highest BCUT2D eigenvalue weighted by molar-refractivity contribution is 5.89. The third-order valence-electron chi connectivity index (χ3n) is 14.3. The van der Waals surface area contributed by atoms with Gasteiger partial charge in [0.25, 0.3) is 0 Å². The van der Waals surface area contributed by atoms with Gasteiger partial charge in [-0.15, -0.1) is 0 Å². The minimum absolute atomic E-state index is 0.119. The van der Waals surface area contributed by atoms with Gasteiger partial charge in [-0.25, -0.2) is 26.3 Å². The van der Waals surface area contributed by atoms with Crippen LogP contribution in [0.5, 0.6) is 0 Å². The van der Waals surface area contributed by atoms with Crippen molar-refractivity contribution in [1.29, 1.82) is 0 Å². The van der Waals surface area contributed by atoms with Gasteiger partial charge in [0, 0.05) is 50.9 Å². The van der Waals surface area contributed by atoms with Gasteiger partial charge in [-0.3, -0.25) is 0 Å². The number of hydrogen-bond acceptors (Lipinski definition) is 3. The monoisotopic (exact) mass is 911 g/mol. The molecule has 0 amide bonds. The quantitative estimate of drug-likeness (QED) is 0.0893. The third-order valence-corrected chi connectivity index (χ3v) is 14.3. The van der Waals surface area contributed by atoms with E-state index < -0.39 is 10.8 Å². The minimum atomic E-state index is -0.754. The predicted octanol–water partition coefficient (Wildman–Crippen LogP) is 17.1. The molecule has 0 fully saturated rings. The van der Waals surface area contributed by atoms with Crippen LogP contribution in [0.2, 0.25) is 0 Å². The Morgan fingerprint density at radius 1 is 0.426 bits per heavy atom. The van der Waals surface area contributed by atoms with Gasteiger partial charge in [-0.1, -0.05) is 45.4 Å². The summed E-state index contributed by atoms with van der Waals surface area (Å²) in [4.78, 5) is 6.15. The molecule has 8 aromatic carbocycles. The second-order valence-corrected chi connectivity index (χ2v) is 18.2. The summed E-state index contributed by atoms with van der Waals surface area (Å²) in [5, 5.41) is 0. The first-order valence-electron chi connectivity index (χ1n) is 22.7. The fourth-order valence-corrected chi connectivity index (χ4v) is 10.6. The highest BCUT2D eigenvalue weighted by atomic mass is 19.1. The van der Waals surface area contributed by atoms with Crippen LogP contribution in [0.1, 0.15) is 51.7 Å². The molecular weight excluding hydrogens is 865 g/mol. The van der Waals surface area contributed by atoms with Gasteiger partial charge in [0.15, 0.2) is 0 Å². The normalized spacial score (nSPS) is 14.8. The smallest absolute Gasteiger partial charge is 0.123 e. The number of rotatable bonds is 12. The molecule has 0 heterocycles. The van der Waals surface area contributed by atoms with E-state index in [9.17, 15) is 26.3 Å². The molecule has 2 aliphatic carbocycles. The van der Waals surface area contributed by atoms with E-state index in [-0.39, 0.29) is 40.9 Å². The van der Waals surface area contributed by atoms with Crippen molar-refractivity contribution in [2.45, 2.75) is 52.0 Å². The van der Waals surface area contributed by atoms with Gasteiger partial charge in [0.05, 0.1) is 6.04 Å². The summed E-state index contributed by atoms with van der Waals surface area (Å²) in [7, 11) is 0. The molecular formula is C59H47F6N3. The van der Waals surface area contributed by atoms with Crippen LogP contribution in [0, 0.1) is 40.3 Å². The van der Waals surface area contributed by atoms with E-state index in [1.807, 2.05) is 21.9 Å². The molecule has 3 nitrogen and oxygen atoms in total. The van der Waals surface area contributed by atoms with Gasteiger partial charge in [0.1, 0.15) is 34.9 Å². The molecule has 0 aromatic heterocycles. The Kier molecular flexibility index (Phi) is 11.3. The SMILES string of the molecule is CCC1=C(C(C)(C)C2(C)c3cc(N(c4ccc(F)cc4)c4ccc(F)cc4)ccc3-c3ccc(N(c4ccc(F)cc4)c4ccc(F)cc4)cc32)C[C@H]1N(c1ccc(F)cc1)c1ccc(F)cc1. The average molecular weight is 912 g/mol. The molecule has 0 saturated carbocycles. The van der Waals surface area contributed by atoms with Crippen LogP contribution in [0.3, 0.4) is 0 Å². The van der Waals surface area contributed by atoms with Crippen LogP contribution in [0.4, 0.5) is 71.8 Å². The molecule has 10 rings (SSSR count). The Morgan fingerprint density at radius 2 is 0.706 bits per heavy atom. The molecule has 9 heteroatoms. The predicted molar refractivity (Wildman–Crippen MR) is 262 cm³/mol. The first-order valence-corrected chi connectivity index (χ1v) is 22.7. The van der Waals surface area contributed by atoms with Crippen LogP contribution >= 0.6 is 0 Å². The van der Waals surface area contributed by atoms with E-state index in [1.54, 1.807) is 72.8 Å². The zero-order chi connectivity index (χ0) is 47.5. The summed E-state index contributed by atoms with van der Waals surface area (Å²) >= 11 is 0. The maximum Gasteiger partial charge on any atom is 0.123 e. The number of benzene rings is 8. The van der Waals surface area contributed by atoms with Crippen molar-refractivity contribution < 1.29 is 26.3 Å². The molecule has 0 radical (unpaired) electrons. The van der Waals surface area contributed by atoms with Gasteiger partial charge in [-0.2, -0.15) is 0 Å². The van der Waals surface area contributed by atoms with E-state index in [4.69, 9.17) is 0 Å². The molecule has 340 valence electrons. The summed E-state index contributed by atoms with van der Waals surface area (Å²) in [5.74, 6) is -2.23. The summed E-state index contributed by atoms with van der Waals surface area (Å²) < 4.78 is 86.6. The van der Waals surface area contributed by atoms with Crippen molar-refractivity contribution in [2.75, 3.05) is 14.7 Å². The van der Waals surface area contributed by atoms with Crippen LogP contribution < -0.4 is 14.7 Å². The Morgan fingerprint density at radius 3 is 1.00 bits per heavy atom. The van der Waals surface area contributed by atoms with Crippen LogP contribution in [0.15, 0.2) is 193 Å². The number of halogens is 6. The fraction of sp³-hybridized carbons (Fsp3) is 0.153. The van der Waals surface area contributed by atoms with Crippen molar-refractivity contribution in [3.05, 3.63) is 239 Å². The number of nitrogens with zero attached hydrogens (tertiary/aromatic N) is 3. The summed E-state index contributed by atoms with van der Waals surface area (Å²) in [6.07, 6.45) is 1.36. The Labute approximate surface area is 392 Å². The standard InChI is InChI=1S/C59H47F6N3/c1-5-51-54(36-57(51)68(47-26-14-41(64)15-27-47)48-28-16-42(65)17-29-48)58(2,3)59(4)55-34-49(66(43-18-6-37(60)7-19-43)44-20-8-38(61)9-21-44)30-32-52(55)53-33-31-50(35-56(53)59)67(45-22-10-39(62)11-23-45)46-24-12-40(63)13-25-46/h6-35,57H,5,36H2,1-4H3/t57-/m1/s1. The first kappa shape index (κ1) is 44.3. The number of fused-ring (bicyclic) bond motifs is 3. The highest BCUT2D eigenvalue weighted by Gasteiger charge is 2.55. The lowest BCUT2D eigenvalue weighted by atomic mass is 9.53. The van der Waals surface area contributed by atoms with E-state index in [0.717, 1.165) is 45.0 Å². The second kappa shape index (κ2) is 17.3. The summed E-state index contributed by atoms with van der Waals surface area (Å²) in [6.45, 7) is 8.98. The zero-order valence-electron chi connectivity index (χ0n) is 37.9. The van der Waals surface area contributed by atoms with Gasteiger partial charge >= 0.3 is 0 Å².